The van der Waals surface area contributed by atoms with Gasteiger partial charge in [0.15, 0.2) is 5.82 Å². The van der Waals surface area contributed by atoms with Crippen LogP contribution in [-0.2, 0) is 16.0 Å². The smallest absolute Gasteiger partial charge is 0.222 e. The van der Waals surface area contributed by atoms with Gasteiger partial charge < -0.3 is 9.64 Å². The molecule has 1 atom stereocenters. The Labute approximate surface area is 130 Å². The number of ether oxygens (including phenoxy) is 1. The van der Waals surface area contributed by atoms with Gasteiger partial charge in [-0.25, -0.2) is 0 Å². The van der Waals surface area contributed by atoms with Gasteiger partial charge in [0, 0.05) is 12.8 Å². The maximum Gasteiger partial charge on any atom is 0.222 e. The van der Waals surface area contributed by atoms with Crippen LogP contribution in [0.1, 0.15) is 57.7 Å². The van der Waals surface area contributed by atoms with Crippen molar-refractivity contribution in [3.8, 4) is 0 Å². The van der Waals surface area contributed by atoms with E-state index >= 15 is 0 Å². The monoisotopic (exact) mass is 307 g/mol. The van der Waals surface area contributed by atoms with E-state index in [0.717, 1.165) is 44.5 Å². The van der Waals surface area contributed by atoms with Gasteiger partial charge in [0.05, 0.1) is 24.8 Å². The Bertz CT molecular complexity index is 484. The Morgan fingerprint density at radius 3 is 2.95 bits per heavy atom. The fourth-order valence-electron chi connectivity index (χ4n) is 3.55. The van der Waals surface area contributed by atoms with Crippen LogP contribution in [0.4, 0.5) is 0 Å². The first-order chi connectivity index (χ1) is 10.7. The SMILES string of the molecule is CC1COC2(CCCC2)CN1C(=O)CCCCc1nn[nH]n1. The average Bonchev–Trinajstić information content (AvgIpc) is 3.18. The number of carbonyl (C=O) groups is 1. The number of aromatic nitrogens is 4. The summed E-state index contributed by atoms with van der Waals surface area (Å²) in [6, 6.07) is 0.191. The van der Waals surface area contributed by atoms with E-state index in [2.05, 4.69) is 27.5 Å². The van der Waals surface area contributed by atoms with Crippen molar-refractivity contribution in [2.75, 3.05) is 13.2 Å². The van der Waals surface area contributed by atoms with Crippen molar-refractivity contribution in [3.05, 3.63) is 5.82 Å². The first-order valence-corrected chi connectivity index (χ1v) is 8.34. The van der Waals surface area contributed by atoms with E-state index in [-0.39, 0.29) is 17.6 Å². The standard InChI is InChI=1S/C15H25N5O2/c1-12-10-22-15(8-4-5-9-15)11-20(12)14(21)7-3-2-6-13-16-18-19-17-13/h12H,2-11H2,1H3,(H,16,17,18,19). The minimum Gasteiger partial charge on any atom is -0.371 e. The normalized spacial score (nSPS) is 24.0. The average molecular weight is 307 g/mol. The number of hydrogen-bond acceptors (Lipinski definition) is 5. The van der Waals surface area contributed by atoms with Gasteiger partial charge in [-0.05, 0) is 32.6 Å². The largest absolute Gasteiger partial charge is 0.371 e. The van der Waals surface area contributed by atoms with Crippen LogP contribution in [0, 0.1) is 0 Å². The Balaban J connectivity index is 1.45. The summed E-state index contributed by atoms with van der Waals surface area (Å²) < 4.78 is 6.07. The summed E-state index contributed by atoms with van der Waals surface area (Å²) in [6.07, 6.45) is 7.79. The van der Waals surface area contributed by atoms with E-state index in [0.29, 0.717) is 13.0 Å². The minimum absolute atomic E-state index is 0.0488. The second-order valence-electron chi connectivity index (χ2n) is 6.61. The molecule has 7 nitrogen and oxygen atoms in total. The number of morpholine rings is 1. The highest BCUT2D eigenvalue weighted by Crippen LogP contribution is 2.37. The first-order valence-electron chi connectivity index (χ1n) is 8.34. The molecule has 1 saturated carbocycles. The predicted octanol–water partition coefficient (Wildman–Crippen LogP) is 1.47. The Morgan fingerprint density at radius 1 is 1.41 bits per heavy atom. The molecule has 2 aliphatic rings. The van der Waals surface area contributed by atoms with Gasteiger partial charge in [0.25, 0.3) is 0 Å². The lowest BCUT2D eigenvalue weighted by Crippen LogP contribution is -2.56. The highest BCUT2D eigenvalue weighted by atomic mass is 16.5. The third-order valence-electron chi connectivity index (χ3n) is 4.89. The van der Waals surface area contributed by atoms with E-state index < -0.39 is 0 Å². The van der Waals surface area contributed by atoms with Crippen molar-refractivity contribution in [2.24, 2.45) is 0 Å². The molecule has 1 aromatic heterocycles. The highest BCUT2D eigenvalue weighted by Gasteiger charge is 2.42. The van der Waals surface area contributed by atoms with Gasteiger partial charge in [0.1, 0.15) is 0 Å². The number of hydrogen-bond donors (Lipinski definition) is 1. The van der Waals surface area contributed by atoms with Crippen molar-refractivity contribution in [3.63, 3.8) is 0 Å². The molecular weight excluding hydrogens is 282 g/mol. The number of tetrazole rings is 1. The number of H-pyrrole nitrogens is 1. The highest BCUT2D eigenvalue weighted by molar-refractivity contribution is 5.76. The third kappa shape index (κ3) is 3.45. The molecule has 1 unspecified atom stereocenters. The molecule has 1 spiro atoms. The molecule has 1 aromatic rings. The molecule has 22 heavy (non-hydrogen) atoms. The van der Waals surface area contributed by atoms with Crippen LogP contribution in [0.2, 0.25) is 0 Å². The molecule has 122 valence electrons. The number of unbranched alkanes of at least 4 members (excludes halogenated alkanes) is 1. The molecule has 1 N–H and O–H groups in total. The van der Waals surface area contributed by atoms with Crippen LogP contribution in [0.3, 0.4) is 0 Å². The number of rotatable bonds is 5. The number of nitrogens with zero attached hydrogens (tertiary/aromatic N) is 4. The van der Waals surface area contributed by atoms with Gasteiger partial charge in [0.2, 0.25) is 5.91 Å². The summed E-state index contributed by atoms with van der Waals surface area (Å²) in [5, 5.41) is 13.8. The molecule has 0 radical (unpaired) electrons. The van der Waals surface area contributed by atoms with Gasteiger partial charge in [-0.15, -0.1) is 10.2 Å². The summed E-state index contributed by atoms with van der Waals surface area (Å²) in [5.74, 6) is 0.979. The van der Waals surface area contributed by atoms with Crippen molar-refractivity contribution < 1.29 is 9.53 Å². The molecule has 1 aliphatic heterocycles. The molecule has 1 saturated heterocycles. The Morgan fingerprint density at radius 2 is 2.23 bits per heavy atom. The lowest BCUT2D eigenvalue weighted by molar-refractivity contribution is -0.159. The molecule has 7 heteroatoms. The lowest BCUT2D eigenvalue weighted by Gasteiger charge is -2.44. The van der Waals surface area contributed by atoms with E-state index in [1.165, 1.54) is 12.8 Å². The molecule has 1 aliphatic carbocycles. The molecule has 2 fully saturated rings. The van der Waals surface area contributed by atoms with Crippen molar-refractivity contribution in [1.82, 2.24) is 25.5 Å². The number of amides is 1. The molecule has 2 heterocycles. The van der Waals surface area contributed by atoms with E-state index in [9.17, 15) is 4.79 Å². The van der Waals surface area contributed by atoms with Gasteiger partial charge in [-0.2, -0.15) is 5.21 Å². The number of aryl methyl sites for hydroxylation is 1. The predicted molar refractivity (Wildman–Crippen MR) is 80.1 cm³/mol. The van der Waals surface area contributed by atoms with Crippen LogP contribution in [0.5, 0.6) is 0 Å². The summed E-state index contributed by atoms with van der Waals surface area (Å²) in [7, 11) is 0. The molecule has 0 aromatic carbocycles. The maximum atomic E-state index is 12.5. The van der Waals surface area contributed by atoms with E-state index in [1.54, 1.807) is 0 Å². The van der Waals surface area contributed by atoms with Crippen LogP contribution in [0.25, 0.3) is 0 Å². The zero-order valence-electron chi connectivity index (χ0n) is 13.3. The topological polar surface area (TPSA) is 84.0 Å². The summed E-state index contributed by atoms with van der Waals surface area (Å²) in [5.41, 5.74) is -0.0488. The molecular formula is C15H25N5O2. The molecule has 1 amide bonds. The summed E-state index contributed by atoms with van der Waals surface area (Å²) >= 11 is 0. The van der Waals surface area contributed by atoms with Crippen molar-refractivity contribution in [1.29, 1.82) is 0 Å². The summed E-state index contributed by atoms with van der Waals surface area (Å²) in [6.45, 7) is 3.53. The second-order valence-corrected chi connectivity index (χ2v) is 6.61. The zero-order valence-corrected chi connectivity index (χ0v) is 13.3. The van der Waals surface area contributed by atoms with E-state index in [1.807, 2.05) is 4.90 Å². The lowest BCUT2D eigenvalue weighted by atomic mass is 9.97. The number of carbonyl (C=O) groups excluding carboxylic acids is 1. The molecule has 3 rings (SSSR count). The van der Waals surface area contributed by atoms with E-state index in [4.69, 9.17) is 4.74 Å². The van der Waals surface area contributed by atoms with Crippen LogP contribution >= 0.6 is 0 Å². The Hall–Kier alpha value is -1.50. The van der Waals surface area contributed by atoms with Crippen molar-refractivity contribution in [2.45, 2.75) is 69.9 Å². The molecule has 0 bridgehead atoms. The first kappa shape index (κ1) is 15.4. The number of aromatic amines is 1. The fourth-order valence-corrected chi connectivity index (χ4v) is 3.55. The third-order valence-corrected chi connectivity index (χ3v) is 4.89. The maximum absolute atomic E-state index is 12.5. The quantitative estimate of drug-likeness (QED) is 0.833. The minimum atomic E-state index is -0.0488. The van der Waals surface area contributed by atoms with Crippen molar-refractivity contribution >= 4 is 5.91 Å². The number of nitrogens with one attached hydrogen (secondary N) is 1. The Kier molecular flexibility index (Phi) is 4.71. The van der Waals surface area contributed by atoms with Gasteiger partial charge in [-0.3, -0.25) is 4.79 Å². The zero-order chi connectivity index (χ0) is 15.4. The van der Waals surface area contributed by atoms with Crippen LogP contribution < -0.4 is 0 Å². The summed E-state index contributed by atoms with van der Waals surface area (Å²) in [4.78, 5) is 14.6. The van der Waals surface area contributed by atoms with Gasteiger partial charge in [-0.1, -0.05) is 18.1 Å². The van der Waals surface area contributed by atoms with Crippen LogP contribution in [0.15, 0.2) is 0 Å². The second kappa shape index (κ2) is 6.73. The fraction of sp³-hybridized carbons (Fsp3) is 0.867. The van der Waals surface area contributed by atoms with Gasteiger partial charge >= 0.3 is 0 Å². The van der Waals surface area contributed by atoms with Crippen LogP contribution in [-0.4, -0.2) is 56.2 Å².